The van der Waals surface area contributed by atoms with Gasteiger partial charge >= 0.3 is 0 Å². The average molecular weight is 158 g/mol. The average Bonchev–Trinajstić information content (AvgIpc) is 1.67. The predicted octanol–water partition coefficient (Wildman–Crippen LogP) is 0.122. The highest BCUT2D eigenvalue weighted by Crippen LogP contribution is 1.85. The molecular formula is C3H8ClNO2S. The fourth-order valence-corrected chi connectivity index (χ4v) is 1.01. The molecule has 0 fully saturated rings. The van der Waals surface area contributed by atoms with E-state index in [0.29, 0.717) is 6.54 Å². The number of hydrogen-bond acceptors (Lipinski definition) is 2. The van der Waals surface area contributed by atoms with Crippen molar-refractivity contribution in [2.24, 2.45) is 0 Å². The van der Waals surface area contributed by atoms with E-state index in [1.165, 1.54) is 0 Å². The third kappa shape index (κ3) is 3.23. The fraction of sp³-hybridized carbons (Fsp3) is 1.00. The highest BCUT2D eigenvalue weighted by Gasteiger charge is 2.02. The lowest BCUT2D eigenvalue weighted by molar-refractivity contribution is 0.588. The van der Waals surface area contributed by atoms with Crippen molar-refractivity contribution < 1.29 is 8.42 Å². The van der Waals surface area contributed by atoms with E-state index in [2.05, 4.69) is 4.72 Å². The maximum absolute atomic E-state index is 10.4. The van der Waals surface area contributed by atoms with Crippen LogP contribution in [0.15, 0.2) is 0 Å². The lowest BCUT2D eigenvalue weighted by atomic mass is 10.8. The summed E-state index contributed by atoms with van der Waals surface area (Å²) in [4.78, 5) is 0. The van der Waals surface area contributed by atoms with Gasteiger partial charge in [-0.1, -0.05) is 6.92 Å². The van der Waals surface area contributed by atoms with Crippen LogP contribution in [0.5, 0.6) is 0 Å². The molecule has 0 aromatic heterocycles. The first-order valence-corrected chi connectivity index (χ1v) is 4.34. The maximum atomic E-state index is 10.4. The van der Waals surface area contributed by atoms with Crippen LogP contribution in [0.2, 0.25) is 0 Å². The predicted molar refractivity (Wildman–Crippen MR) is 33.3 cm³/mol. The van der Waals surface area contributed by atoms with Crippen LogP contribution in [0.4, 0.5) is 0 Å². The molecule has 0 radical (unpaired) electrons. The zero-order valence-corrected chi connectivity index (χ0v) is 6.09. The summed E-state index contributed by atoms with van der Waals surface area (Å²) in [5, 5.41) is -0.360. The van der Waals surface area contributed by atoms with E-state index < -0.39 is 10.0 Å². The Bertz CT molecular complexity index is 141. The van der Waals surface area contributed by atoms with Gasteiger partial charge in [-0.05, 0) is 0 Å². The normalized spacial score (nSPS) is 11.8. The number of hydrogen-bond donors (Lipinski definition) is 1. The molecule has 3 nitrogen and oxygen atoms in total. The molecule has 0 bridgehead atoms. The van der Waals surface area contributed by atoms with Crippen LogP contribution in [0.25, 0.3) is 0 Å². The van der Waals surface area contributed by atoms with E-state index in [9.17, 15) is 8.42 Å². The molecular weight excluding hydrogens is 150 g/mol. The lowest BCUT2D eigenvalue weighted by Crippen LogP contribution is -2.23. The third-order valence-corrected chi connectivity index (χ3v) is 2.39. The minimum atomic E-state index is -3.15. The standard InChI is InChI=1S/C3H8ClNO2S/c1-2-5-8(6,7)3-4/h5H,2-3H2,1H3. The molecule has 0 aromatic carbocycles. The quantitative estimate of drug-likeness (QED) is 0.592. The third-order valence-electron chi connectivity index (χ3n) is 0.508. The number of alkyl halides is 1. The van der Waals surface area contributed by atoms with Crippen molar-refractivity contribution in [1.82, 2.24) is 4.72 Å². The smallest absolute Gasteiger partial charge is 0.214 e. The van der Waals surface area contributed by atoms with Crippen molar-refractivity contribution in [3.63, 3.8) is 0 Å². The molecule has 1 N–H and O–H groups in total. The molecule has 0 saturated carbocycles. The van der Waals surface area contributed by atoms with Crippen LogP contribution in [0.1, 0.15) is 6.92 Å². The van der Waals surface area contributed by atoms with E-state index in [0.717, 1.165) is 0 Å². The number of halogens is 1. The number of sulfonamides is 1. The van der Waals surface area contributed by atoms with Crippen LogP contribution in [0, 0.1) is 0 Å². The van der Waals surface area contributed by atoms with Gasteiger partial charge in [0, 0.05) is 6.54 Å². The molecule has 0 rings (SSSR count). The van der Waals surface area contributed by atoms with Gasteiger partial charge in [0.05, 0.1) is 0 Å². The molecule has 0 aliphatic carbocycles. The Morgan fingerprint density at radius 3 is 2.25 bits per heavy atom. The summed E-state index contributed by atoms with van der Waals surface area (Å²) in [6.45, 7) is 2.10. The molecule has 0 spiro atoms. The van der Waals surface area contributed by atoms with E-state index in [1.54, 1.807) is 6.92 Å². The van der Waals surface area contributed by atoms with Gasteiger partial charge in [0.2, 0.25) is 10.0 Å². The van der Waals surface area contributed by atoms with Gasteiger partial charge in [-0.25, -0.2) is 13.1 Å². The first kappa shape index (κ1) is 8.20. The van der Waals surface area contributed by atoms with Gasteiger partial charge in [-0.2, -0.15) is 0 Å². The van der Waals surface area contributed by atoms with E-state index in [-0.39, 0.29) is 5.21 Å². The second kappa shape index (κ2) is 3.27. The van der Waals surface area contributed by atoms with Gasteiger partial charge in [0.15, 0.2) is 0 Å². The highest BCUT2D eigenvalue weighted by atomic mass is 35.5. The van der Waals surface area contributed by atoms with Crippen molar-refractivity contribution >= 4 is 21.6 Å². The van der Waals surface area contributed by atoms with Crippen molar-refractivity contribution in [2.45, 2.75) is 6.92 Å². The Balaban J connectivity index is 3.76. The molecule has 8 heavy (non-hydrogen) atoms. The van der Waals surface area contributed by atoms with Gasteiger partial charge in [-0.3, -0.25) is 0 Å². The first-order valence-electron chi connectivity index (χ1n) is 2.15. The van der Waals surface area contributed by atoms with E-state index >= 15 is 0 Å². The Kier molecular flexibility index (Phi) is 3.35. The molecule has 0 aliphatic rings. The van der Waals surface area contributed by atoms with Crippen molar-refractivity contribution in [3.05, 3.63) is 0 Å². The molecule has 0 atom stereocenters. The van der Waals surface area contributed by atoms with Gasteiger partial charge in [0.1, 0.15) is 5.21 Å². The summed E-state index contributed by atoms with van der Waals surface area (Å²) in [6, 6.07) is 0. The van der Waals surface area contributed by atoms with Crippen LogP contribution < -0.4 is 4.72 Å². The number of rotatable bonds is 3. The largest absolute Gasteiger partial charge is 0.225 e. The topological polar surface area (TPSA) is 46.2 Å². The SMILES string of the molecule is CCNS(=O)(=O)CCl. The van der Waals surface area contributed by atoms with Crippen molar-refractivity contribution in [3.8, 4) is 0 Å². The lowest BCUT2D eigenvalue weighted by Gasteiger charge is -1.95. The molecule has 0 unspecified atom stereocenters. The molecule has 5 heteroatoms. The van der Waals surface area contributed by atoms with E-state index in [4.69, 9.17) is 11.6 Å². The van der Waals surface area contributed by atoms with E-state index in [1.807, 2.05) is 0 Å². The fourth-order valence-electron chi connectivity index (χ4n) is 0.258. The van der Waals surface area contributed by atoms with Crippen LogP contribution >= 0.6 is 11.6 Å². The molecule has 0 amide bonds. The van der Waals surface area contributed by atoms with Crippen LogP contribution in [-0.2, 0) is 10.0 Å². The zero-order valence-electron chi connectivity index (χ0n) is 4.52. The summed E-state index contributed by atoms with van der Waals surface area (Å²) in [7, 11) is -3.15. The summed E-state index contributed by atoms with van der Waals surface area (Å²) in [6.07, 6.45) is 0. The van der Waals surface area contributed by atoms with Gasteiger partial charge in [-0.15, -0.1) is 11.6 Å². The van der Waals surface area contributed by atoms with Crippen LogP contribution in [0.3, 0.4) is 0 Å². The molecule has 0 aromatic rings. The molecule has 0 saturated heterocycles. The Hall–Kier alpha value is 0.200. The van der Waals surface area contributed by atoms with Gasteiger partial charge < -0.3 is 0 Å². The maximum Gasteiger partial charge on any atom is 0.225 e. The second-order valence-corrected chi connectivity index (χ2v) is 3.61. The first-order chi connectivity index (χ1) is 3.62. The minimum absolute atomic E-state index is 0.360. The number of nitrogens with one attached hydrogen (secondary N) is 1. The minimum Gasteiger partial charge on any atom is -0.214 e. The van der Waals surface area contributed by atoms with Gasteiger partial charge in [0.25, 0.3) is 0 Å². The molecule has 0 heterocycles. The monoisotopic (exact) mass is 157 g/mol. The van der Waals surface area contributed by atoms with Crippen molar-refractivity contribution in [2.75, 3.05) is 11.8 Å². The van der Waals surface area contributed by atoms with Crippen molar-refractivity contribution in [1.29, 1.82) is 0 Å². The second-order valence-electron chi connectivity index (χ2n) is 1.22. The Labute approximate surface area is 54.1 Å². The summed E-state index contributed by atoms with van der Waals surface area (Å²) in [5.41, 5.74) is 0. The molecule has 0 aliphatic heterocycles. The molecule has 50 valence electrons. The van der Waals surface area contributed by atoms with Crippen LogP contribution in [-0.4, -0.2) is 20.2 Å². The summed E-state index contributed by atoms with van der Waals surface area (Å²) < 4.78 is 22.9. The summed E-state index contributed by atoms with van der Waals surface area (Å²) in [5.74, 6) is 0. The zero-order chi connectivity index (χ0) is 6.62. The summed E-state index contributed by atoms with van der Waals surface area (Å²) >= 11 is 5.02. The Morgan fingerprint density at radius 2 is 2.12 bits per heavy atom. The highest BCUT2D eigenvalue weighted by molar-refractivity contribution is 7.90. The Morgan fingerprint density at radius 1 is 1.62 bits per heavy atom.